The Balaban J connectivity index is 2.13. The lowest BCUT2D eigenvalue weighted by molar-refractivity contribution is -0.146. The van der Waals surface area contributed by atoms with E-state index in [-0.39, 0.29) is 19.0 Å². The predicted molar refractivity (Wildman–Crippen MR) is 60.5 cm³/mol. The Hall–Kier alpha value is -1.96. The maximum absolute atomic E-state index is 11.3. The molecule has 0 aromatic carbocycles. The van der Waals surface area contributed by atoms with Crippen molar-refractivity contribution in [1.29, 1.82) is 0 Å². The fraction of sp³-hybridized carbons (Fsp3) is 0.600. The third kappa shape index (κ3) is 2.48. The number of rotatable bonds is 4. The van der Waals surface area contributed by atoms with Crippen LogP contribution in [0.5, 0.6) is 0 Å². The SMILES string of the molecule is CCn1ncnc1CN1CC(=O)NCC1C(=O)O. The first-order valence-electron chi connectivity index (χ1n) is 5.72. The summed E-state index contributed by atoms with van der Waals surface area (Å²) < 4.78 is 1.69. The smallest absolute Gasteiger partial charge is 0.322 e. The van der Waals surface area contributed by atoms with E-state index in [1.807, 2.05) is 6.92 Å². The largest absolute Gasteiger partial charge is 0.480 e. The number of carboxylic acid groups (broad SMARTS) is 1. The van der Waals surface area contributed by atoms with Crippen LogP contribution in [0, 0.1) is 0 Å². The van der Waals surface area contributed by atoms with E-state index in [4.69, 9.17) is 5.11 Å². The van der Waals surface area contributed by atoms with E-state index < -0.39 is 12.0 Å². The first-order valence-corrected chi connectivity index (χ1v) is 5.72. The average Bonchev–Trinajstić information content (AvgIpc) is 2.76. The zero-order valence-electron chi connectivity index (χ0n) is 10.0. The van der Waals surface area contributed by atoms with Crippen molar-refractivity contribution in [1.82, 2.24) is 25.0 Å². The molecule has 8 nitrogen and oxygen atoms in total. The average molecular weight is 253 g/mol. The molecular weight excluding hydrogens is 238 g/mol. The van der Waals surface area contributed by atoms with Gasteiger partial charge < -0.3 is 10.4 Å². The highest BCUT2D eigenvalue weighted by molar-refractivity contribution is 5.83. The second-order valence-electron chi connectivity index (χ2n) is 4.06. The molecule has 0 saturated carbocycles. The summed E-state index contributed by atoms with van der Waals surface area (Å²) in [6.07, 6.45) is 1.43. The molecule has 2 rings (SSSR count). The predicted octanol–water partition coefficient (Wildman–Crippen LogP) is -1.32. The molecule has 0 radical (unpaired) electrons. The summed E-state index contributed by atoms with van der Waals surface area (Å²) >= 11 is 0. The topological polar surface area (TPSA) is 100 Å². The summed E-state index contributed by atoms with van der Waals surface area (Å²) in [6.45, 7) is 3.07. The third-order valence-corrected chi connectivity index (χ3v) is 2.90. The number of hydrogen-bond donors (Lipinski definition) is 2. The molecule has 18 heavy (non-hydrogen) atoms. The van der Waals surface area contributed by atoms with Gasteiger partial charge in [-0.1, -0.05) is 0 Å². The molecule has 1 saturated heterocycles. The van der Waals surface area contributed by atoms with Crippen molar-refractivity contribution in [2.24, 2.45) is 0 Å². The second kappa shape index (κ2) is 5.13. The van der Waals surface area contributed by atoms with E-state index in [9.17, 15) is 9.59 Å². The molecule has 2 N–H and O–H groups in total. The Morgan fingerprint density at radius 1 is 1.67 bits per heavy atom. The van der Waals surface area contributed by atoms with Gasteiger partial charge in [0.05, 0.1) is 13.1 Å². The van der Waals surface area contributed by atoms with Gasteiger partial charge in [-0.3, -0.25) is 14.5 Å². The highest BCUT2D eigenvalue weighted by Crippen LogP contribution is 2.09. The zero-order valence-corrected chi connectivity index (χ0v) is 10.0. The van der Waals surface area contributed by atoms with Crippen LogP contribution in [0.3, 0.4) is 0 Å². The Bertz CT molecular complexity index is 458. The molecule has 1 aliphatic heterocycles. The van der Waals surface area contributed by atoms with Crippen LogP contribution in [0.2, 0.25) is 0 Å². The van der Waals surface area contributed by atoms with Gasteiger partial charge >= 0.3 is 5.97 Å². The first-order chi connectivity index (χ1) is 8.61. The monoisotopic (exact) mass is 253 g/mol. The molecule has 2 heterocycles. The van der Waals surface area contributed by atoms with Crippen LogP contribution in [0.4, 0.5) is 0 Å². The molecule has 1 unspecified atom stereocenters. The van der Waals surface area contributed by atoms with Gasteiger partial charge in [0.25, 0.3) is 0 Å². The number of aryl methyl sites for hydroxylation is 1. The van der Waals surface area contributed by atoms with Crippen LogP contribution in [0.25, 0.3) is 0 Å². The van der Waals surface area contributed by atoms with Crippen LogP contribution in [0.1, 0.15) is 12.7 Å². The lowest BCUT2D eigenvalue weighted by Gasteiger charge is -2.32. The number of aromatic nitrogens is 3. The number of piperazine rings is 1. The number of carboxylic acids is 1. The lowest BCUT2D eigenvalue weighted by atomic mass is 10.2. The lowest BCUT2D eigenvalue weighted by Crippen LogP contribution is -2.57. The molecule has 1 atom stereocenters. The number of amides is 1. The van der Waals surface area contributed by atoms with E-state index in [1.54, 1.807) is 9.58 Å². The van der Waals surface area contributed by atoms with E-state index >= 15 is 0 Å². The minimum absolute atomic E-state index is 0.0630. The normalized spacial score (nSPS) is 20.7. The zero-order chi connectivity index (χ0) is 13.1. The number of carbonyl (C=O) groups excluding carboxylic acids is 1. The molecule has 1 aromatic rings. The summed E-state index contributed by atoms with van der Waals surface area (Å²) in [7, 11) is 0. The minimum Gasteiger partial charge on any atom is -0.480 e. The van der Waals surface area contributed by atoms with Crippen LogP contribution >= 0.6 is 0 Å². The van der Waals surface area contributed by atoms with Gasteiger partial charge in [0, 0.05) is 13.1 Å². The minimum atomic E-state index is -0.947. The third-order valence-electron chi connectivity index (χ3n) is 2.90. The van der Waals surface area contributed by atoms with Crippen LogP contribution in [-0.4, -0.2) is 55.8 Å². The number of hydrogen-bond acceptors (Lipinski definition) is 5. The fourth-order valence-corrected chi connectivity index (χ4v) is 1.96. The van der Waals surface area contributed by atoms with Crippen molar-refractivity contribution in [3.8, 4) is 0 Å². The van der Waals surface area contributed by atoms with Gasteiger partial charge in [-0.15, -0.1) is 0 Å². The number of carbonyl (C=O) groups is 2. The van der Waals surface area contributed by atoms with Gasteiger partial charge in [-0.25, -0.2) is 9.67 Å². The standard InChI is InChI=1S/C10H15N5O3/c1-2-15-8(12-6-13-15)4-14-5-9(16)11-3-7(14)10(17)18/h6-7H,2-5H2,1H3,(H,11,16)(H,17,18). The molecule has 1 aromatic heterocycles. The highest BCUT2D eigenvalue weighted by atomic mass is 16.4. The fourth-order valence-electron chi connectivity index (χ4n) is 1.96. The number of nitrogens with one attached hydrogen (secondary N) is 1. The molecule has 0 spiro atoms. The van der Waals surface area contributed by atoms with Gasteiger partial charge in [-0.05, 0) is 6.92 Å². The van der Waals surface area contributed by atoms with Gasteiger partial charge in [0.2, 0.25) is 5.91 Å². The Morgan fingerprint density at radius 3 is 3.11 bits per heavy atom. The van der Waals surface area contributed by atoms with Gasteiger partial charge in [0.15, 0.2) is 0 Å². The van der Waals surface area contributed by atoms with Gasteiger partial charge in [0.1, 0.15) is 18.2 Å². The molecule has 1 amide bonds. The summed E-state index contributed by atoms with van der Waals surface area (Å²) in [5, 5.41) is 15.7. The summed E-state index contributed by atoms with van der Waals surface area (Å²) in [5.74, 6) is -0.453. The van der Waals surface area contributed by atoms with Crippen molar-refractivity contribution >= 4 is 11.9 Å². The quantitative estimate of drug-likeness (QED) is 0.690. The Kier molecular flexibility index (Phi) is 3.56. The summed E-state index contributed by atoms with van der Waals surface area (Å²) in [6, 6.07) is -0.718. The first kappa shape index (κ1) is 12.5. The number of aliphatic carboxylic acids is 1. The molecule has 0 aliphatic carbocycles. The van der Waals surface area contributed by atoms with Crippen molar-refractivity contribution in [3.05, 3.63) is 12.2 Å². The van der Waals surface area contributed by atoms with Crippen LogP contribution in [0.15, 0.2) is 6.33 Å². The van der Waals surface area contributed by atoms with Crippen molar-refractivity contribution in [3.63, 3.8) is 0 Å². The van der Waals surface area contributed by atoms with Crippen LogP contribution in [-0.2, 0) is 22.7 Å². The van der Waals surface area contributed by atoms with Crippen molar-refractivity contribution < 1.29 is 14.7 Å². The maximum atomic E-state index is 11.3. The molecule has 1 aliphatic rings. The molecule has 8 heteroatoms. The Labute approximate surface area is 104 Å². The van der Waals surface area contributed by atoms with Crippen molar-refractivity contribution in [2.45, 2.75) is 26.1 Å². The Morgan fingerprint density at radius 2 is 2.44 bits per heavy atom. The highest BCUT2D eigenvalue weighted by Gasteiger charge is 2.32. The van der Waals surface area contributed by atoms with E-state index in [2.05, 4.69) is 15.4 Å². The van der Waals surface area contributed by atoms with E-state index in [0.717, 1.165) is 0 Å². The molecular formula is C10H15N5O3. The summed E-state index contributed by atoms with van der Waals surface area (Å²) in [5.41, 5.74) is 0. The van der Waals surface area contributed by atoms with Crippen molar-refractivity contribution in [2.75, 3.05) is 13.1 Å². The van der Waals surface area contributed by atoms with E-state index in [1.165, 1.54) is 6.33 Å². The molecule has 0 bridgehead atoms. The van der Waals surface area contributed by atoms with E-state index in [0.29, 0.717) is 18.9 Å². The second-order valence-corrected chi connectivity index (χ2v) is 4.06. The van der Waals surface area contributed by atoms with Crippen LogP contribution < -0.4 is 5.32 Å². The maximum Gasteiger partial charge on any atom is 0.322 e. The van der Waals surface area contributed by atoms with Gasteiger partial charge in [-0.2, -0.15) is 5.10 Å². The molecule has 1 fully saturated rings. The summed E-state index contributed by atoms with van der Waals surface area (Å²) in [4.78, 5) is 28.1. The number of nitrogens with zero attached hydrogens (tertiary/aromatic N) is 4. The molecule has 98 valence electrons.